The average Bonchev–Trinajstić information content (AvgIpc) is 2.35. The summed E-state index contributed by atoms with van der Waals surface area (Å²) in [6, 6.07) is 5.49. The van der Waals surface area contributed by atoms with Gasteiger partial charge in [0, 0.05) is 5.56 Å². The minimum atomic E-state index is -0.542. The van der Waals surface area contributed by atoms with Crippen molar-refractivity contribution < 1.29 is 14.6 Å². The highest BCUT2D eigenvalue weighted by atomic mass is 16.5. The molecule has 0 amide bonds. The summed E-state index contributed by atoms with van der Waals surface area (Å²) in [4.78, 5) is 0. The van der Waals surface area contributed by atoms with Crippen LogP contribution in [0.3, 0.4) is 0 Å². The van der Waals surface area contributed by atoms with Crippen molar-refractivity contribution in [2.45, 2.75) is 26.9 Å². The van der Waals surface area contributed by atoms with Crippen molar-refractivity contribution >= 4 is 0 Å². The monoisotopic (exact) mass is 238 g/mol. The highest BCUT2D eigenvalue weighted by Crippen LogP contribution is 2.35. The van der Waals surface area contributed by atoms with Crippen molar-refractivity contribution in [2.75, 3.05) is 14.2 Å². The summed E-state index contributed by atoms with van der Waals surface area (Å²) in [7, 11) is 3.22. The highest BCUT2D eigenvalue weighted by molar-refractivity contribution is 5.41. The lowest BCUT2D eigenvalue weighted by atomic mass is 9.88. The summed E-state index contributed by atoms with van der Waals surface area (Å²) in [5.74, 6) is 2.00. The fourth-order valence-electron chi connectivity index (χ4n) is 1.72. The molecule has 96 valence electrons. The predicted octanol–water partition coefficient (Wildman–Crippen LogP) is 3.03. The topological polar surface area (TPSA) is 38.7 Å². The van der Waals surface area contributed by atoms with Crippen molar-refractivity contribution in [1.82, 2.24) is 0 Å². The molecule has 0 saturated heterocycles. The van der Waals surface area contributed by atoms with Gasteiger partial charge in [-0.1, -0.05) is 20.8 Å². The third-order valence-corrected chi connectivity index (χ3v) is 3.31. The lowest BCUT2D eigenvalue weighted by Crippen LogP contribution is -2.15. The first-order chi connectivity index (χ1) is 8.01. The minimum Gasteiger partial charge on any atom is -0.497 e. The first-order valence-corrected chi connectivity index (χ1v) is 5.91. The fourth-order valence-corrected chi connectivity index (χ4v) is 1.72. The van der Waals surface area contributed by atoms with Gasteiger partial charge < -0.3 is 14.6 Å². The number of hydrogen-bond donors (Lipinski definition) is 1. The molecule has 17 heavy (non-hydrogen) atoms. The molecule has 1 N–H and O–H groups in total. The summed E-state index contributed by atoms with van der Waals surface area (Å²) < 4.78 is 10.5. The van der Waals surface area contributed by atoms with E-state index in [1.807, 2.05) is 25.1 Å². The summed E-state index contributed by atoms with van der Waals surface area (Å²) in [5.41, 5.74) is 0.785. The van der Waals surface area contributed by atoms with Gasteiger partial charge in [0.15, 0.2) is 0 Å². The fraction of sp³-hybridized carbons (Fsp3) is 0.571. The molecule has 0 radical (unpaired) electrons. The Labute approximate surface area is 103 Å². The smallest absolute Gasteiger partial charge is 0.124 e. The molecule has 0 fully saturated rings. The Kier molecular flexibility index (Phi) is 4.82. The van der Waals surface area contributed by atoms with Crippen LogP contribution < -0.4 is 9.47 Å². The van der Waals surface area contributed by atoms with E-state index in [0.717, 1.165) is 11.3 Å². The lowest BCUT2D eigenvalue weighted by molar-refractivity contribution is 0.0893. The zero-order valence-corrected chi connectivity index (χ0v) is 11.2. The Bertz CT molecular complexity index is 360. The van der Waals surface area contributed by atoms with Crippen molar-refractivity contribution in [1.29, 1.82) is 0 Å². The Morgan fingerprint density at radius 3 is 2.18 bits per heavy atom. The standard InChI is InChI=1S/C14H22O3/c1-9(2)10(3)14(15)12-8-11(16-4)6-7-13(12)17-5/h6-10,14-15H,1-5H3. The molecular formula is C14H22O3. The van der Waals surface area contributed by atoms with Crippen molar-refractivity contribution in [3.8, 4) is 11.5 Å². The van der Waals surface area contributed by atoms with Crippen molar-refractivity contribution in [3.05, 3.63) is 23.8 Å². The molecule has 0 aliphatic rings. The first kappa shape index (κ1) is 13.8. The molecule has 0 bridgehead atoms. The molecule has 2 atom stereocenters. The molecule has 0 aliphatic heterocycles. The van der Waals surface area contributed by atoms with Crippen molar-refractivity contribution in [3.63, 3.8) is 0 Å². The maximum atomic E-state index is 10.4. The van der Waals surface area contributed by atoms with Gasteiger partial charge in [0.25, 0.3) is 0 Å². The third kappa shape index (κ3) is 3.13. The number of aliphatic hydroxyl groups is 1. The van der Waals surface area contributed by atoms with Crippen LogP contribution in [0.15, 0.2) is 18.2 Å². The molecule has 3 nitrogen and oxygen atoms in total. The quantitative estimate of drug-likeness (QED) is 0.857. The zero-order chi connectivity index (χ0) is 13.0. The second-order valence-corrected chi connectivity index (χ2v) is 4.66. The SMILES string of the molecule is COc1ccc(OC)c(C(O)C(C)C(C)C)c1. The molecule has 0 heterocycles. The Morgan fingerprint density at radius 1 is 1.06 bits per heavy atom. The lowest BCUT2D eigenvalue weighted by Gasteiger charge is -2.24. The second-order valence-electron chi connectivity index (χ2n) is 4.66. The zero-order valence-electron chi connectivity index (χ0n) is 11.2. The minimum absolute atomic E-state index is 0.163. The van der Waals surface area contributed by atoms with E-state index >= 15 is 0 Å². The number of ether oxygens (including phenoxy) is 2. The number of rotatable bonds is 5. The van der Waals surface area contributed by atoms with E-state index in [9.17, 15) is 5.11 Å². The van der Waals surface area contributed by atoms with E-state index in [1.54, 1.807) is 14.2 Å². The average molecular weight is 238 g/mol. The number of methoxy groups -OCH3 is 2. The number of benzene rings is 1. The van der Waals surface area contributed by atoms with Gasteiger partial charge in [-0.05, 0) is 30.0 Å². The summed E-state index contributed by atoms with van der Waals surface area (Å²) in [6.07, 6.45) is -0.542. The van der Waals surface area contributed by atoms with Crippen LogP contribution >= 0.6 is 0 Å². The van der Waals surface area contributed by atoms with E-state index in [0.29, 0.717) is 11.7 Å². The summed E-state index contributed by atoms with van der Waals surface area (Å²) >= 11 is 0. The highest BCUT2D eigenvalue weighted by Gasteiger charge is 2.23. The molecule has 3 heteroatoms. The Hall–Kier alpha value is -1.22. The molecule has 0 saturated carbocycles. The van der Waals surface area contributed by atoms with E-state index in [4.69, 9.17) is 9.47 Å². The Balaban J connectivity index is 3.09. The molecule has 0 aromatic heterocycles. The Morgan fingerprint density at radius 2 is 1.71 bits per heavy atom. The molecule has 2 unspecified atom stereocenters. The van der Waals surface area contributed by atoms with Gasteiger partial charge in [0.1, 0.15) is 11.5 Å². The van der Waals surface area contributed by atoms with Gasteiger partial charge in [-0.25, -0.2) is 0 Å². The van der Waals surface area contributed by atoms with Crippen LogP contribution in [0, 0.1) is 11.8 Å². The van der Waals surface area contributed by atoms with Crippen LogP contribution in [0.4, 0.5) is 0 Å². The van der Waals surface area contributed by atoms with Crippen LogP contribution in [-0.4, -0.2) is 19.3 Å². The van der Waals surface area contributed by atoms with Gasteiger partial charge >= 0.3 is 0 Å². The molecule has 1 aromatic rings. The largest absolute Gasteiger partial charge is 0.497 e. The van der Waals surface area contributed by atoms with Crippen LogP contribution in [0.1, 0.15) is 32.4 Å². The van der Waals surface area contributed by atoms with Gasteiger partial charge in [-0.2, -0.15) is 0 Å². The molecule has 0 aliphatic carbocycles. The maximum absolute atomic E-state index is 10.4. The van der Waals surface area contributed by atoms with Crippen LogP contribution in [0.5, 0.6) is 11.5 Å². The normalized spacial score (nSPS) is 14.5. The maximum Gasteiger partial charge on any atom is 0.124 e. The van der Waals surface area contributed by atoms with E-state index in [1.165, 1.54) is 0 Å². The summed E-state index contributed by atoms with van der Waals surface area (Å²) in [5, 5.41) is 10.4. The molecular weight excluding hydrogens is 216 g/mol. The van der Waals surface area contributed by atoms with Gasteiger partial charge in [0.2, 0.25) is 0 Å². The van der Waals surface area contributed by atoms with Crippen LogP contribution in [0.2, 0.25) is 0 Å². The van der Waals surface area contributed by atoms with Crippen molar-refractivity contribution in [2.24, 2.45) is 11.8 Å². The third-order valence-electron chi connectivity index (χ3n) is 3.31. The van der Waals surface area contributed by atoms with Gasteiger partial charge in [-0.15, -0.1) is 0 Å². The van der Waals surface area contributed by atoms with E-state index in [-0.39, 0.29) is 5.92 Å². The molecule has 1 rings (SSSR count). The number of hydrogen-bond acceptors (Lipinski definition) is 3. The van der Waals surface area contributed by atoms with Crippen LogP contribution in [-0.2, 0) is 0 Å². The molecule has 0 spiro atoms. The molecule has 1 aromatic carbocycles. The second kappa shape index (κ2) is 5.92. The van der Waals surface area contributed by atoms with E-state index in [2.05, 4.69) is 13.8 Å². The van der Waals surface area contributed by atoms with Crippen LogP contribution in [0.25, 0.3) is 0 Å². The first-order valence-electron chi connectivity index (χ1n) is 5.91. The van der Waals surface area contributed by atoms with Gasteiger partial charge in [-0.3, -0.25) is 0 Å². The van der Waals surface area contributed by atoms with Gasteiger partial charge in [0.05, 0.1) is 20.3 Å². The van der Waals surface area contributed by atoms with E-state index < -0.39 is 6.10 Å². The summed E-state index contributed by atoms with van der Waals surface area (Å²) in [6.45, 7) is 6.23. The predicted molar refractivity (Wildman–Crippen MR) is 68.5 cm³/mol. The number of aliphatic hydroxyl groups excluding tert-OH is 1.